The van der Waals surface area contributed by atoms with Gasteiger partial charge in [-0.25, -0.2) is 0 Å². The van der Waals surface area contributed by atoms with Crippen molar-refractivity contribution in [3.8, 4) is 11.8 Å². The van der Waals surface area contributed by atoms with Crippen LogP contribution in [0.3, 0.4) is 0 Å². The number of rotatable bonds is 5. The highest BCUT2D eigenvalue weighted by Crippen LogP contribution is 2.31. The van der Waals surface area contributed by atoms with Crippen LogP contribution in [0.15, 0.2) is 29.2 Å². The molecule has 5 heteroatoms. The number of carbonyl (C=O) groups is 1. The zero-order valence-corrected chi connectivity index (χ0v) is 11.3. The maximum Gasteiger partial charge on any atom is 0.235 e. The second kappa shape index (κ2) is 6.92. The van der Waals surface area contributed by atoms with E-state index >= 15 is 0 Å². The van der Waals surface area contributed by atoms with Crippen LogP contribution in [0.5, 0.6) is 5.75 Å². The van der Waals surface area contributed by atoms with Gasteiger partial charge in [-0.1, -0.05) is 12.1 Å². The molecule has 1 atom stereocenters. The molecule has 96 valence electrons. The first-order chi connectivity index (χ1) is 8.56. The smallest absolute Gasteiger partial charge is 0.235 e. The first-order valence-electron chi connectivity index (χ1n) is 5.63. The molecule has 4 nitrogen and oxygen atoms in total. The summed E-state index contributed by atoms with van der Waals surface area (Å²) in [6.45, 7) is 2.23. The van der Waals surface area contributed by atoms with Gasteiger partial charge in [0.05, 0.1) is 17.7 Å². The molecule has 0 aromatic heterocycles. The average Bonchev–Trinajstić information content (AvgIpc) is 2.37. The highest BCUT2D eigenvalue weighted by molar-refractivity contribution is 8.00. The standard InChI is InChI=1S/C13H16N2O2S/c1-10(13(17)15(2)9-5-8-14)18-12-7-4-3-6-11(12)16/h3-4,6-7,10,16H,5,9H2,1-2H3/t10-/m0/s1. The average molecular weight is 264 g/mol. The number of nitriles is 1. The molecule has 0 aliphatic carbocycles. The van der Waals surface area contributed by atoms with Crippen LogP contribution in [-0.2, 0) is 4.79 Å². The summed E-state index contributed by atoms with van der Waals surface area (Å²) in [5, 5.41) is 17.8. The maximum atomic E-state index is 12.0. The Morgan fingerprint density at radius 3 is 2.83 bits per heavy atom. The molecule has 0 aliphatic rings. The van der Waals surface area contributed by atoms with E-state index in [0.717, 1.165) is 0 Å². The van der Waals surface area contributed by atoms with Crippen molar-refractivity contribution in [3.63, 3.8) is 0 Å². The van der Waals surface area contributed by atoms with Crippen molar-refractivity contribution in [2.24, 2.45) is 0 Å². The van der Waals surface area contributed by atoms with Crippen LogP contribution < -0.4 is 0 Å². The fourth-order valence-electron chi connectivity index (χ4n) is 1.44. The summed E-state index contributed by atoms with van der Waals surface area (Å²) >= 11 is 1.32. The zero-order chi connectivity index (χ0) is 13.5. The van der Waals surface area contributed by atoms with Crippen molar-refractivity contribution in [1.29, 1.82) is 5.26 Å². The first-order valence-corrected chi connectivity index (χ1v) is 6.50. The van der Waals surface area contributed by atoms with Gasteiger partial charge >= 0.3 is 0 Å². The van der Waals surface area contributed by atoms with Gasteiger partial charge in [-0.2, -0.15) is 5.26 Å². The van der Waals surface area contributed by atoms with Crippen LogP contribution in [0.2, 0.25) is 0 Å². The largest absolute Gasteiger partial charge is 0.507 e. The van der Waals surface area contributed by atoms with Crippen molar-refractivity contribution in [3.05, 3.63) is 24.3 Å². The number of carbonyl (C=O) groups excluding carboxylic acids is 1. The van der Waals surface area contributed by atoms with Gasteiger partial charge in [-0.05, 0) is 19.1 Å². The van der Waals surface area contributed by atoms with Gasteiger partial charge in [0.15, 0.2) is 0 Å². The van der Waals surface area contributed by atoms with Gasteiger partial charge in [-0.3, -0.25) is 4.79 Å². The molecule has 18 heavy (non-hydrogen) atoms. The third-order valence-corrected chi connectivity index (χ3v) is 3.61. The predicted octanol–water partition coefficient (Wildman–Crippen LogP) is 2.24. The lowest BCUT2D eigenvalue weighted by atomic mass is 10.3. The summed E-state index contributed by atoms with van der Waals surface area (Å²) in [6.07, 6.45) is 0.330. The minimum Gasteiger partial charge on any atom is -0.507 e. The minimum atomic E-state index is -0.290. The number of hydrogen-bond donors (Lipinski definition) is 1. The Balaban J connectivity index is 2.60. The van der Waals surface area contributed by atoms with Gasteiger partial charge in [0.25, 0.3) is 0 Å². The number of thioether (sulfide) groups is 1. The van der Waals surface area contributed by atoms with Gasteiger partial charge < -0.3 is 10.0 Å². The quantitative estimate of drug-likeness (QED) is 0.828. The molecular weight excluding hydrogens is 248 g/mol. The number of benzene rings is 1. The Kier molecular flexibility index (Phi) is 5.53. The van der Waals surface area contributed by atoms with Gasteiger partial charge in [0.2, 0.25) is 5.91 Å². The Bertz CT molecular complexity index is 457. The van der Waals surface area contributed by atoms with Crippen LogP contribution >= 0.6 is 11.8 Å². The summed E-state index contributed by atoms with van der Waals surface area (Å²) in [7, 11) is 1.68. The lowest BCUT2D eigenvalue weighted by Crippen LogP contribution is -2.33. The van der Waals surface area contributed by atoms with E-state index in [0.29, 0.717) is 17.9 Å². The van der Waals surface area contributed by atoms with Crippen LogP contribution in [0.1, 0.15) is 13.3 Å². The Morgan fingerprint density at radius 2 is 2.22 bits per heavy atom. The zero-order valence-electron chi connectivity index (χ0n) is 10.5. The van der Waals surface area contributed by atoms with E-state index in [1.165, 1.54) is 11.8 Å². The fraction of sp³-hybridized carbons (Fsp3) is 0.385. The van der Waals surface area contributed by atoms with E-state index < -0.39 is 0 Å². The molecule has 0 heterocycles. The second-order valence-electron chi connectivity index (χ2n) is 3.90. The number of phenolic OH excluding ortho intramolecular Hbond substituents is 1. The number of amides is 1. The Morgan fingerprint density at radius 1 is 1.56 bits per heavy atom. The summed E-state index contributed by atoms with van der Waals surface area (Å²) in [4.78, 5) is 14.2. The van der Waals surface area contributed by atoms with Crippen LogP contribution in [0.4, 0.5) is 0 Å². The number of para-hydroxylation sites is 1. The van der Waals surface area contributed by atoms with Gasteiger partial charge in [0.1, 0.15) is 5.75 Å². The lowest BCUT2D eigenvalue weighted by molar-refractivity contribution is -0.128. The first kappa shape index (κ1) is 14.4. The third kappa shape index (κ3) is 3.97. The molecule has 0 spiro atoms. The summed E-state index contributed by atoms with van der Waals surface area (Å²) in [5.41, 5.74) is 0. The van der Waals surface area contributed by atoms with E-state index in [2.05, 4.69) is 0 Å². The molecular formula is C13H16N2O2S. The molecule has 1 aromatic rings. The second-order valence-corrected chi connectivity index (χ2v) is 5.28. The minimum absolute atomic E-state index is 0.0431. The molecule has 0 saturated heterocycles. The number of hydrogen-bond acceptors (Lipinski definition) is 4. The number of nitrogens with zero attached hydrogens (tertiary/aromatic N) is 2. The molecule has 0 fully saturated rings. The predicted molar refractivity (Wildman–Crippen MR) is 71.3 cm³/mol. The van der Waals surface area contributed by atoms with Crippen molar-refractivity contribution in [2.45, 2.75) is 23.5 Å². The van der Waals surface area contributed by atoms with E-state index in [1.807, 2.05) is 12.1 Å². The molecule has 1 amide bonds. The van der Waals surface area contributed by atoms with Gasteiger partial charge in [-0.15, -0.1) is 11.8 Å². The summed E-state index contributed by atoms with van der Waals surface area (Å²) in [5.74, 6) is 0.139. The normalized spacial score (nSPS) is 11.6. The molecule has 1 N–H and O–H groups in total. The van der Waals surface area contributed by atoms with Gasteiger partial charge in [0, 0.05) is 18.5 Å². The number of aromatic hydroxyl groups is 1. The van der Waals surface area contributed by atoms with E-state index in [4.69, 9.17) is 5.26 Å². The highest BCUT2D eigenvalue weighted by atomic mass is 32.2. The molecule has 1 rings (SSSR count). The monoisotopic (exact) mass is 264 g/mol. The summed E-state index contributed by atoms with van der Waals surface area (Å²) < 4.78 is 0. The Hall–Kier alpha value is -1.67. The maximum absolute atomic E-state index is 12.0. The highest BCUT2D eigenvalue weighted by Gasteiger charge is 2.19. The van der Waals surface area contributed by atoms with Crippen molar-refractivity contribution in [2.75, 3.05) is 13.6 Å². The Labute approximate surface area is 111 Å². The van der Waals surface area contributed by atoms with Crippen molar-refractivity contribution < 1.29 is 9.90 Å². The van der Waals surface area contributed by atoms with E-state index in [9.17, 15) is 9.90 Å². The lowest BCUT2D eigenvalue weighted by Gasteiger charge is -2.20. The van der Waals surface area contributed by atoms with Crippen molar-refractivity contribution >= 4 is 17.7 Å². The summed E-state index contributed by atoms with van der Waals surface area (Å²) in [6, 6.07) is 8.94. The van der Waals surface area contributed by atoms with E-state index in [-0.39, 0.29) is 16.9 Å². The molecule has 1 aromatic carbocycles. The SMILES string of the molecule is C[C@H](Sc1ccccc1O)C(=O)N(C)CCC#N. The molecule has 0 saturated carbocycles. The van der Waals surface area contributed by atoms with Crippen LogP contribution in [0.25, 0.3) is 0 Å². The van der Waals surface area contributed by atoms with Crippen LogP contribution in [0, 0.1) is 11.3 Å². The fourth-order valence-corrected chi connectivity index (χ4v) is 2.44. The molecule has 0 unspecified atom stereocenters. The van der Waals surface area contributed by atoms with Crippen molar-refractivity contribution in [1.82, 2.24) is 4.90 Å². The topological polar surface area (TPSA) is 64.3 Å². The third-order valence-electron chi connectivity index (χ3n) is 2.45. The van der Waals surface area contributed by atoms with E-state index in [1.54, 1.807) is 37.1 Å². The molecule has 0 bridgehead atoms. The van der Waals surface area contributed by atoms with Crippen LogP contribution in [-0.4, -0.2) is 34.8 Å². The molecule has 0 aliphatic heterocycles. The molecule has 0 radical (unpaired) electrons. The number of phenols is 1.